The van der Waals surface area contributed by atoms with Crippen molar-refractivity contribution in [3.05, 3.63) is 59.1 Å². The van der Waals surface area contributed by atoms with Crippen LogP contribution in [0.25, 0.3) is 0 Å². The molecular formula is C20H22ClNO4. The number of amides is 1. The Morgan fingerprint density at radius 1 is 1.15 bits per heavy atom. The summed E-state index contributed by atoms with van der Waals surface area (Å²) >= 11 is 5.93. The summed E-state index contributed by atoms with van der Waals surface area (Å²) in [7, 11) is 0. The second kappa shape index (κ2) is 8.92. The van der Waals surface area contributed by atoms with E-state index in [2.05, 4.69) is 0 Å². The van der Waals surface area contributed by atoms with Gasteiger partial charge in [-0.15, -0.1) is 0 Å². The van der Waals surface area contributed by atoms with Gasteiger partial charge in [0, 0.05) is 11.6 Å². The highest BCUT2D eigenvalue weighted by atomic mass is 35.5. The average molecular weight is 376 g/mol. The molecule has 1 atom stereocenters. The number of halogens is 1. The number of carbonyl (C=O) groups is 1. The van der Waals surface area contributed by atoms with E-state index < -0.39 is 0 Å². The zero-order chi connectivity index (χ0) is 18.4. The van der Waals surface area contributed by atoms with Crippen molar-refractivity contribution in [1.29, 1.82) is 0 Å². The Bertz CT molecular complexity index is 735. The van der Waals surface area contributed by atoms with Gasteiger partial charge in [0.25, 0.3) is 5.91 Å². The average Bonchev–Trinajstić information content (AvgIpc) is 2.68. The van der Waals surface area contributed by atoms with Crippen molar-refractivity contribution in [2.45, 2.75) is 13.0 Å². The maximum atomic E-state index is 12.6. The van der Waals surface area contributed by atoms with Gasteiger partial charge >= 0.3 is 0 Å². The fourth-order valence-electron chi connectivity index (χ4n) is 2.83. The summed E-state index contributed by atoms with van der Waals surface area (Å²) in [6.07, 6.45) is -0.152. The number of nitrogens with zero attached hydrogens (tertiary/aromatic N) is 1. The second-order valence-corrected chi connectivity index (χ2v) is 6.36. The summed E-state index contributed by atoms with van der Waals surface area (Å²) in [6.45, 7) is 3.97. The van der Waals surface area contributed by atoms with Gasteiger partial charge in [0.05, 0.1) is 19.8 Å². The SMILES string of the molecule is CCOc1ccccc1OCC(=O)N1CCOC(c2ccc(Cl)cc2)C1. The largest absolute Gasteiger partial charge is 0.490 e. The van der Waals surface area contributed by atoms with Crippen LogP contribution in [0.3, 0.4) is 0 Å². The lowest BCUT2D eigenvalue weighted by atomic mass is 10.1. The number of ether oxygens (including phenoxy) is 3. The zero-order valence-corrected chi connectivity index (χ0v) is 15.4. The summed E-state index contributed by atoms with van der Waals surface area (Å²) in [5, 5.41) is 0.679. The predicted molar refractivity (Wildman–Crippen MR) is 99.8 cm³/mol. The maximum absolute atomic E-state index is 12.6. The van der Waals surface area contributed by atoms with E-state index in [-0.39, 0.29) is 18.6 Å². The summed E-state index contributed by atoms with van der Waals surface area (Å²) in [6, 6.07) is 14.9. The number of para-hydroxylation sites is 2. The first-order valence-electron chi connectivity index (χ1n) is 8.67. The Labute approximate surface area is 158 Å². The van der Waals surface area contributed by atoms with Gasteiger partial charge in [0.15, 0.2) is 18.1 Å². The minimum Gasteiger partial charge on any atom is -0.490 e. The monoisotopic (exact) mass is 375 g/mol. The van der Waals surface area contributed by atoms with Crippen LogP contribution in [0.15, 0.2) is 48.5 Å². The Kier molecular flexibility index (Phi) is 6.36. The molecule has 1 aliphatic rings. The van der Waals surface area contributed by atoms with Crippen LogP contribution >= 0.6 is 11.6 Å². The standard InChI is InChI=1S/C20H22ClNO4/c1-2-24-17-5-3-4-6-18(17)26-14-20(23)22-11-12-25-19(13-22)15-7-9-16(21)10-8-15/h3-10,19H,2,11-14H2,1H3. The number of rotatable bonds is 6. The molecule has 1 saturated heterocycles. The summed E-state index contributed by atoms with van der Waals surface area (Å²) in [5.74, 6) is 1.15. The lowest BCUT2D eigenvalue weighted by Crippen LogP contribution is -2.44. The molecule has 0 bridgehead atoms. The molecule has 1 aliphatic heterocycles. The third-order valence-electron chi connectivity index (χ3n) is 4.16. The predicted octanol–water partition coefficient (Wildman–Crippen LogP) is 3.72. The minimum absolute atomic E-state index is 0.0303. The maximum Gasteiger partial charge on any atom is 0.260 e. The van der Waals surface area contributed by atoms with Crippen molar-refractivity contribution in [2.75, 3.05) is 32.9 Å². The van der Waals surface area contributed by atoms with E-state index in [1.807, 2.05) is 49.4 Å². The van der Waals surface area contributed by atoms with Gasteiger partial charge in [-0.3, -0.25) is 4.79 Å². The topological polar surface area (TPSA) is 48.0 Å². The van der Waals surface area contributed by atoms with Crippen LogP contribution in [-0.4, -0.2) is 43.7 Å². The molecule has 1 unspecified atom stereocenters. The van der Waals surface area contributed by atoms with Crippen molar-refractivity contribution in [1.82, 2.24) is 4.90 Å². The lowest BCUT2D eigenvalue weighted by molar-refractivity contribution is -0.141. The highest BCUT2D eigenvalue weighted by molar-refractivity contribution is 6.30. The zero-order valence-electron chi connectivity index (χ0n) is 14.7. The third-order valence-corrected chi connectivity index (χ3v) is 4.41. The molecule has 2 aromatic rings. The summed E-state index contributed by atoms with van der Waals surface area (Å²) < 4.78 is 17.0. The van der Waals surface area contributed by atoms with E-state index in [0.29, 0.717) is 42.8 Å². The molecule has 1 heterocycles. The first-order chi connectivity index (χ1) is 12.7. The highest BCUT2D eigenvalue weighted by Gasteiger charge is 2.25. The van der Waals surface area contributed by atoms with Gasteiger partial charge in [0.2, 0.25) is 0 Å². The van der Waals surface area contributed by atoms with Crippen molar-refractivity contribution in [3.63, 3.8) is 0 Å². The molecule has 1 fully saturated rings. The molecule has 26 heavy (non-hydrogen) atoms. The normalized spacial score (nSPS) is 17.0. The van der Waals surface area contributed by atoms with Crippen LogP contribution in [0.5, 0.6) is 11.5 Å². The molecule has 138 valence electrons. The van der Waals surface area contributed by atoms with Crippen LogP contribution in [0.2, 0.25) is 5.02 Å². The van der Waals surface area contributed by atoms with Gasteiger partial charge < -0.3 is 19.1 Å². The Hall–Kier alpha value is -2.24. The van der Waals surface area contributed by atoms with Gasteiger partial charge in [-0.2, -0.15) is 0 Å². The van der Waals surface area contributed by atoms with Crippen LogP contribution < -0.4 is 9.47 Å². The van der Waals surface area contributed by atoms with Gasteiger partial charge in [-0.05, 0) is 36.8 Å². The van der Waals surface area contributed by atoms with Crippen LogP contribution in [0.4, 0.5) is 0 Å². The van der Waals surface area contributed by atoms with Crippen molar-refractivity contribution in [2.24, 2.45) is 0 Å². The van der Waals surface area contributed by atoms with E-state index in [9.17, 15) is 4.79 Å². The molecule has 2 aromatic carbocycles. The minimum atomic E-state index is -0.152. The molecule has 1 amide bonds. The fourth-order valence-corrected chi connectivity index (χ4v) is 2.96. The number of morpholine rings is 1. The molecule has 0 aliphatic carbocycles. The number of hydrogen-bond acceptors (Lipinski definition) is 4. The second-order valence-electron chi connectivity index (χ2n) is 5.92. The number of carbonyl (C=O) groups excluding carboxylic acids is 1. The van der Waals surface area contributed by atoms with Crippen LogP contribution in [0.1, 0.15) is 18.6 Å². The molecule has 3 rings (SSSR count). The molecule has 0 saturated carbocycles. The smallest absolute Gasteiger partial charge is 0.260 e. The first kappa shape index (κ1) is 18.5. The van der Waals surface area contributed by atoms with Gasteiger partial charge in [-0.25, -0.2) is 0 Å². The number of benzene rings is 2. The van der Waals surface area contributed by atoms with Gasteiger partial charge in [-0.1, -0.05) is 35.9 Å². The van der Waals surface area contributed by atoms with Crippen LogP contribution in [-0.2, 0) is 9.53 Å². The van der Waals surface area contributed by atoms with E-state index in [4.69, 9.17) is 25.8 Å². The quantitative estimate of drug-likeness (QED) is 0.772. The van der Waals surface area contributed by atoms with E-state index in [1.165, 1.54) is 0 Å². The van der Waals surface area contributed by atoms with Crippen molar-refractivity contribution >= 4 is 17.5 Å². The number of hydrogen-bond donors (Lipinski definition) is 0. The summed E-state index contributed by atoms with van der Waals surface area (Å²) in [4.78, 5) is 14.3. The Morgan fingerprint density at radius 2 is 1.85 bits per heavy atom. The highest BCUT2D eigenvalue weighted by Crippen LogP contribution is 2.27. The molecule has 0 N–H and O–H groups in total. The molecule has 5 nitrogen and oxygen atoms in total. The molecule has 0 spiro atoms. The van der Waals surface area contributed by atoms with Crippen LogP contribution in [0, 0.1) is 0 Å². The first-order valence-corrected chi connectivity index (χ1v) is 9.04. The van der Waals surface area contributed by atoms with E-state index in [0.717, 1.165) is 5.56 Å². The molecule has 0 radical (unpaired) electrons. The van der Waals surface area contributed by atoms with Gasteiger partial charge in [0.1, 0.15) is 6.10 Å². The lowest BCUT2D eigenvalue weighted by Gasteiger charge is -2.33. The fraction of sp³-hybridized carbons (Fsp3) is 0.350. The van der Waals surface area contributed by atoms with E-state index >= 15 is 0 Å². The third kappa shape index (κ3) is 4.68. The van der Waals surface area contributed by atoms with Crippen molar-refractivity contribution in [3.8, 4) is 11.5 Å². The Balaban J connectivity index is 1.58. The molecule has 6 heteroatoms. The van der Waals surface area contributed by atoms with Crippen molar-refractivity contribution < 1.29 is 19.0 Å². The van der Waals surface area contributed by atoms with E-state index in [1.54, 1.807) is 11.0 Å². The Morgan fingerprint density at radius 3 is 2.54 bits per heavy atom. The molecule has 0 aromatic heterocycles. The molecular weight excluding hydrogens is 354 g/mol. The summed E-state index contributed by atoms with van der Waals surface area (Å²) in [5.41, 5.74) is 1.01.